The van der Waals surface area contributed by atoms with Gasteiger partial charge < -0.3 is 15.4 Å². The monoisotopic (exact) mass is 220 g/mol. The highest BCUT2D eigenvalue weighted by Gasteiger charge is 2.05. The number of allylic oxidation sites excluding steroid dienone is 1. The number of rotatable bonds is 2. The highest BCUT2D eigenvalue weighted by molar-refractivity contribution is 5.44. The maximum absolute atomic E-state index is 13.1. The zero-order valence-corrected chi connectivity index (χ0v) is 8.98. The lowest BCUT2D eigenvalue weighted by Gasteiger charge is -2.17. The summed E-state index contributed by atoms with van der Waals surface area (Å²) in [6, 6.07) is 4.41. The summed E-state index contributed by atoms with van der Waals surface area (Å²) in [6.07, 6.45) is 5.66. The van der Waals surface area contributed by atoms with Crippen molar-refractivity contribution >= 4 is 5.69 Å². The number of ether oxygens (including phenoxy) is 1. The molecule has 4 heteroatoms. The van der Waals surface area contributed by atoms with Crippen molar-refractivity contribution in [1.29, 1.82) is 0 Å². The van der Waals surface area contributed by atoms with Crippen molar-refractivity contribution in [3.63, 3.8) is 0 Å². The van der Waals surface area contributed by atoms with Crippen LogP contribution in [0, 0.1) is 5.82 Å². The quantitative estimate of drug-likeness (QED) is 0.776. The molecule has 0 unspecified atom stereocenters. The summed E-state index contributed by atoms with van der Waals surface area (Å²) >= 11 is 0. The molecule has 0 saturated carbocycles. The summed E-state index contributed by atoms with van der Waals surface area (Å²) in [5.74, 6) is 0.699. The van der Waals surface area contributed by atoms with E-state index >= 15 is 0 Å². The minimum Gasteiger partial charge on any atom is -0.457 e. The van der Waals surface area contributed by atoms with Crippen molar-refractivity contribution in [2.45, 2.75) is 0 Å². The lowest BCUT2D eigenvalue weighted by molar-refractivity contribution is 0.413. The van der Waals surface area contributed by atoms with Crippen LogP contribution in [0.3, 0.4) is 0 Å². The summed E-state index contributed by atoms with van der Waals surface area (Å²) in [4.78, 5) is 2.01. The van der Waals surface area contributed by atoms with E-state index in [0.29, 0.717) is 11.5 Å². The van der Waals surface area contributed by atoms with Gasteiger partial charge in [-0.05, 0) is 24.3 Å². The molecule has 0 aliphatic carbocycles. The Hall–Kier alpha value is -1.97. The molecule has 0 saturated heterocycles. The molecule has 2 rings (SSSR count). The fourth-order valence-corrected chi connectivity index (χ4v) is 1.35. The van der Waals surface area contributed by atoms with Crippen molar-refractivity contribution in [2.75, 3.05) is 19.3 Å². The van der Waals surface area contributed by atoms with Gasteiger partial charge in [0.25, 0.3) is 0 Å². The van der Waals surface area contributed by atoms with Gasteiger partial charge in [-0.15, -0.1) is 0 Å². The average Bonchev–Trinajstić information content (AvgIpc) is 2.27. The van der Waals surface area contributed by atoms with Crippen molar-refractivity contribution in [1.82, 2.24) is 4.90 Å². The number of anilines is 1. The zero-order valence-electron chi connectivity index (χ0n) is 8.98. The first-order valence-electron chi connectivity index (χ1n) is 4.96. The van der Waals surface area contributed by atoms with Gasteiger partial charge in [-0.1, -0.05) is 0 Å². The number of benzene rings is 1. The van der Waals surface area contributed by atoms with Crippen molar-refractivity contribution < 1.29 is 9.13 Å². The molecule has 16 heavy (non-hydrogen) atoms. The number of halogens is 1. The predicted octanol–water partition coefficient (Wildman–Crippen LogP) is 2.13. The highest BCUT2D eigenvalue weighted by Crippen LogP contribution is 2.21. The Kier molecular flexibility index (Phi) is 2.81. The number of hydrogen-bond donors (Lipinski definition) is 1. The molecule has 1 aliphatic heterocycles. The number of hydrogen-bond acceptors (Lipinski definition) is 3. The Morgan fingerprint density at radius 3 is 2.88 bits per heavy atom. The molecular formula is C12H13FN2O. The third kappa shape index (κ3) is 2.34. The van der Waals surface area contributed by atoms with E-state index in [1.54, 1.807) is 6.07 Å². The first-order valence-corrected chi connectivity index (χ1v) is 4.96. The largest absolute Gasteiger partial charge is 0.457 e. The Labute approximate surface area is 93.6 Å². The van der Waals surface area contributed by atoms with Crippen LogP contribution in [0.1, 0.15) is 0 Å². The topological polar surface area (TPSA) is 38.5 Å². The van der Waals surface area contributed by atoms with Crippen LogP contribution in [-0.4, -0.2) is 18.5 Å². The summed E-state index contributed by atoms with van der Waals surface area (Å²) in [7, 11) is 1.96. The Morgan fingerprint density at radius 1 is 1.44 bits per heavy atom. The van der Waals surface area contributed by atoms with E-state index in [1.165, 1.54) is 12.1 Å². The predicted molar refractivity (Wildman–Crippen MR) is 61.3 cm³/mol. The Bertz CT molecular complexity index is 454. The van der Waals surface area contributed by atoms with E-state index < -0.39 is 5.82 Å². The minimum atomic E-state index is -0.463. The van der Waals surface area contributed by atoms with Gasteiger partial charge in [0.2, 0.25) is 0 Å². The second-order valence-corrected chi connectivity index (χ2v) is 3.65. The lowest BCUT2D eigenvalue weighted by atomic mass is 10.3. The number of nitrogens with zero attached hydrogens (tertiary/aromatic N) is 1. The summed E-state index contributed by atoms with van der Waals surface area (Å²) in [5.41, 5.74) is 5.50. The molecular weight excluding hydrogens is 207 g/mol. The van der Waals surface area contributed by atoms with Crippen LogP contribution in [0.4, 0.5) is 10.1 Å². The third-order valence-corrected chi connectivity index (χ3v) is 2.28. The fraction of sp³-hybridized carbons (Fsp3) is 0.167. The van der Waals surface area contributed by atoms with E-state index in [0.717, 1.165) is 6.54 Å². The molecule has 0 fully saturated rings. The number of nitrogen functional groups attached to an aromatic ring is 1. The average molecular weight is 220 g/mol. The van der Waals surface area contributed by atoms with E-state index in [-0.39, 0.29) is 5.69 Å². The molecule has 0 aromatic heterocycles. The van der Waals surface area contributed by atoms with Gasteiger partial charge >= 0.3 is 0 Å². The normalized spacial score (nSPS) is 14.9. The third-order valence-electron chi connectivity index (χ3n) is 2.28. The molecule has 0 radical (unpaired) electrons. The lowest BCUT2D eigenvalue weighted by Crippen LogP contribution is -2.15. The first kappa shape index (κ1) is 10.5. The van der Waals surface area contributed by atoms with Gasteiger partial charge in [0.05, 0.1) is 5.69 Å². The fourth-order valence-electron chi connectivity index (χ4n) is 1.35. The number of nitrogens with two attached hydrogens (primary N) is 1. The van der Waals surface area contributed by atoms with Gasteiger partial charge in [-0.2, -0.15) is 0 Å². The van der Waals surface area contributed by atoms with E-state index in [1.807, 2.05) is 30.3 Å². The van der Waals surface area contributed by atoms with Crippen molar-refractivity contribution in [3.8, 4) is 5.75 Å². The van der Waals surface area contributed by atoms with Crippen LogP contribution in [0.25, 0.3) is 0 Å². The maximum Gasteiger partial charge on any atom is 0.149 e. The minimum absolute atomic E-state index is 0.125. The molecule has 0 spiro atoms. The second kappa shape index (κ2) is 4.26. The molecule has 1 aromatic rings. The zero-order chi connectivity index (χ0) is 11.5. The van der Waals surface area contributed by atoms with Crippen molar-refractivity contribution in [2.24, 2.45) is 0 Å². The number of likely N-dealkylation sites (N-methyl/N-ethyl adjacent to an activating group) is 1. The van der Waals surface area contributed by atoms with Crippen LogP contribution in [0.2, 0.25) is 0 Å². The molecule has 1 aromatic carbocycles. The second-order valence-electron chi connectivity index (χ2n) is 3.65. The molecule has 1 aliphatic rings. The van der Waals surface area contributed by atoms with Gasteiger partial charge in [0.1, 0.15) is 17.3 Å². The van der Waals surface area contributed by atoms with Crippen LogP contribution < -0.4 is 10.5 Å². The molecule has 0 amide bonds. The van der Waals surface area contributed by atoms with Crippen LogP contribution in [0.5, 0.6) is 5.75 Å². The summed E-state index contributed by atoms with van der Waals surface area (Å²) in [5, 5.41) is 0. The standard InChI is InChI=1S/C12H13FN2O/c1-15-6-4-9(5-7-15)16-10-2-3-12(14)11(13)8-10/h2-6,8H,7,14H2,1H3. The van der Waals surface area contributed by atoms with Crippen LogP contribution in [-0.2, 0) is 0 Å². The van der Waals surface area contributed by atoms with E-state index in [9.17, 15) is 4.39 Å². The molecule has 0 atom stereocenters. The van der Waals surface area contributed by atoms with Crippen molar-refractivity contribution in [3.05, 3.63) is 48.1 Å². The molecule has 2 N–H and O–H groups in total. The summed E-state index contributed by atoms with van der Waals surface area (Å²) < 4.78 is 18.6. The van der Waals surface area contributed by atoms with Gasteiger partial charge in [-0.3, -0.25) is 0 Å². The smallest absolute Gasteiger partial charge is 0.149 e. The van der Waals surface area contributed by atoms with E-state index in [2.05, 4.69) is 0 Å². The molecule has 1 heterocycles. The Balaban J connectivity index is 2.10. The van der Waals surface area contributed by atoms with E-state index in [4.69, 9.17) is 10.5 Å². The van der Waals surface area contributed by atoms with Gasteiger partial charge in [-0.25, -0.2) is 4.39 Å². The Morgan fingerprint density at radius 2 is 2.25 bits per heavy atom. The van der Waals surface area contributed by atoms with Crippen LogP contribution in [0.15, 0.2) is 42.3 Å². The molecule has 84 valence electrons. The molecule has 3 nitrogen and oxygen atoms in total. The molecule has 0 bridgehead atoms. The summed E-state index contributed by atoms with van der Waals surface area (Å²) in [6.45, 7) is 0.781. The SMILES string of the molecule is CN1C=CC(Oc2ccc(N)c(F)c2)=CC1. The van der Waals surface area contributed by atoms with Gasteiger partial charge in [0.15, 0.2) is 0 Å². The highest BCUT2D eigenvalue weighted by atomic mass is 19.1. The first-order chi connectivity index (χ1) is 7.65. The van der Waals surface area contributed by atoms with Gasteiger partial charge in [0, 0.05) is 25.9 Å². The maximum atomic E-state index is 13.1. The van der Waals surface area contributed by atoms with Crippen LogP contribution >= 0.6 is 0 Å².